The molecular formula is C21H15Br3N2O2. The Morgan fingerprint density at radius 2 is 1.68 bits per heavy atom. The van der Waals surface area contributed by atoms with Gasteiger partial charge < -0.3 is 4.74 Å². The number of carbonyl (C=O) groups excluding carboxylic acids is 1. The van der Waals surface area contributed by atoms with Gasteiger partial charge in [-0.05, 0) is 57.9 Å². The van der Waals surface area contributed by atoms with E-state index in [1.807, 2.05) is 42.5 Å². The van der Waals surface area contributed by atoms with E-state index >= 15 is 0 Å². The van der Waals surface area contributed by atoms with Crippen molar-refractivity contribution in [1.29, 1.82) is 0 Å². The molecule has 7 heteroatoms. The van der Waals surface area contributed by atoms with Crippen LogP contribution >= 0.6 is 47.8 Å². The van der Waals surface area contributed by atoms with Crippen molar-refractivity contribution in [2.75, 3.05) is 0 Å². The minimum Gasteiger partial charge on any atom is -0.487 e. The van der Waals surface area contributed by atoms with Crippen LogP contribution in [0.5, 0.6) is 5.75 Å². The van der Waals surface area contributed by atoms with E-state index in [0.717, 1.165) is 24.5 Å². The summed E-state index contributed by atoms with van der Waals surface area (Å²) in [4.78, 5) is 12.2. The van der Waals surface area contributed by atoms with Crippen LogP contribution < -0.4 is 10.2 Å². The number of halogens is 3. The van der Waals surface area contributed by atoms with E-state index in [9.17, 15) is 4.79 Å². The normalized spacial score (nSPS) is 10.8. The molecular weight excluding hydrogens is 552 g/mol. The van der Waals surface area contributed by atoms with Gasteiger partial charge in [0.1, 0.15) is 12.4 Å². The van der Waals surface area contributed by atoms with Crippen LogP contribution in [0.4, 0.5) is 0 Å². The number of hydrazone groups is 1. The van der Waals surface area contributed by atoms with E-state index in [2.05, 4.69) is 58.3 Å². The Kier molecular flexibility index (Phi) is 7.42. The molecule has 0 aliphatic carbocycles. The predicted molar refractivity (Wildman–Crippen MR) is 122 cm³/mol. The van der Waals surface area contributed by atoms with E-state index < -0.39 is 0 Å². The SMILES string of the molecule is O=C(N/N=C\c1cc(Br)cc(Br)c1OCc1ccccc1)c1ccc(Br)cc1. The lowest BCUT2D eigenvalue weighted by atomic mass is 10.2. The molecule has 1 N–H and O–H groups in total. The molecule has 4 nitrogen and oxygen atoms in total. The highest BCUT2D eigenvalue weighted by molar-refractivity contribution is 9.11. The fourth-order valence-corrected chi connectivity index (χ4v) is 4.02. The largest absolute Gasteiger partial charge is 0.487 e. The molecule has 3 aromatic rings. The molecule has 3 rings (SSSR count). The summed E-state index contributed by atoms with van der Waals surface area (Å²) in [5, 5.41) is 4.08. The van der Waals surface area contributed by atoms with Crippen LogP contribution in [0.3, 0.4) is 0 Å². The third-order valence-corrected chi connectivity index (χ3v) is 5.31. The minimum absolute atomic E-state index is 0.287. The van der Waals surface area contributed by atoms with Crippen molar-refractivity contribution in [2.45, 2.75) is 6.61 Å². The van der Waals surface area contributed by atoms with Gasteiger partial charge in [-0.2, -0.15) is 5.10 Å². The first kappa shape index (κ1) is 20.8. The Morgan fingerprint density at radius 3 is 2.39 bits per heavy atom. The van der Waals surface area contributed by atoms with Crippen LogP contribution in [-0.4, -0.2) is 12.1 Å². The molecule has 0 bridgehead atoms. The van der Waals surface area contributed by atoms with E-state index in [0.29, 0.717) is 17.9 Å². The maximum atomic E-state index is 12.2. The Hall–Kier alpha value is -1.96. The Labute approximate surface area is 188 Å². The molecule has 0 aliphatic rings. The molecule has 142 valence electrons. The summed E-state index contributed by atoms with van der Waals surface area (Å²) in [6, 6.07) is 20.7. The number of benzene rings is 3. The first-order valence-electron chi connectivity index (χ1n) is 8.27. The van der Waals surface area contributed by atoms with Gasteiger partial charge in [0.25, 0.3) is 5.91 Å². The zero-order valence-corrected chi connectivity index (χ0v) is 19.3. The smallest absolute Gasteiger partial charge is 0.271 e. The molecule has 0 saturated heterocycles. The summed E-state index contributed by atoms with van der Waals surface area (Å²) in [6.07, 6.45) is 1.56. The standard InChI is InChI=1S/C21H15Br3N2O2/c22-17-8-6-15(7-9-17)21(27)26-25-12-16-10-18(23)11-19(24)20(16)28-13-14-4-2-1-3-5-14/h1-12H,13H2,(H,26,27)/b25-12-. The third-order valence-electron chi connectivity index (χ3n) is 3.74. The van der Waals surface area contributed by atoms with Crippen molar-refractivity contribution in [3.8, 4) is 5.75 Å². The topological polar surface area (TPSA) is 50.7 Å². The van der Waals surface area contributed by atoms with Crippen LogP contribution in [0.25, 0.3) is 0 Å². The third kappa shape index (κ3) is 5.77. The van der Waals surface area contributed by atoms with Crippen molar-refractivity contribution in [2.24, 2.45) is 5.10 Å². The molecule has 0 aliphatic heterocycles. The average Bonchev–Trinajstić information content (AvgIpc) is 2.68. The molecule has 28 heavy (non-hydrogen) atoms. The quantitative estimate of drug-likeness (QED) is 0.280. The van der Waals surface area contributed by atoms with Gasteiger partial charge in [-0.1, -0.05) is 62.2 Å². The van der Waals surface area contributed by atoms with Gasteiger partial charge in [0.2, 0.25) is 0 Å². The monoisotopic (exact) mass is 564 g/mol. The van der Waals surface area contributed by atoms with Gasteiger partial charge in [-0.3, -0.25) is 4.79 Å². The molecule has 0 atom stereocenters. The molecule has 1 amide bonds. The maximum absolute atomic E-state index is 12.2. The Morgan fingerprint density at radius 1 is 0.964 bits per heavy atom. The number of carbonyl (C=O) groups is 1. The Bertz CT molecular complexity index is 991. The summed E-state index contributed by atoms with van der Waals surface area (Å²) < 4.78 is 8.55. The van der Waals surface area contributed by atoms with Crippen LogP contribution in [0.15, 0.2) is 85.2 Å². The second-order valence-corrected chi connectivity index (χ2v) is 8.47. The fourth-order valence-electron chi connectivity index (χ4n) is 2.38. The van der Waals surface area contributed by atoms with Crippen molar-refractivity contribution in [3.63, 3.8) is 0 Å². The first-order valence-corrected chi connectivity index (χ1v) is 10.7. The minimum atomic E-state index is -0.287. The number of rotatable bonds is 6. The van der Waals surface area contributed by atoms with E-state index in [1.165, 1.54) is 0 Å². The van der Waals surface area contributed by atoms with Crippen molar-refractivity contribution in [1.82, 2.24) is 5.43 Å². The molecule has 0 radical (unpaired) electrons. The summed E-state index contributed by atoms with van der Waals surface area (Å²) >= 11 is 10.3. The predicted octanol–water partition coefficient (Wildman–Crippen LogP) is 6.32. The number of hydrogen-bond acceptors (Lipinski definition) is 3. The summed E-state index contributed by atoms with van der Waals surface area (Å²) in [5.41, 5.74) is 4.85. The highest BCUT2D eigenvalue weighted by Gasteiger charge is 2.10. The lowest BCUT2D eigenvalue weighted by Gasteiger charge is -2.12. The number of nitrogens with one attached hydrogen (secondary N) is 1. The lowest BCUT2D eigenvalue weighted by Crippen LogP contribution is -2.17. The van der Waals surface area contributed by atoms with Crippen LogP contribution in [0, 0.1) is 0 Å². The van der Waals surface area contributed by atoms with Crippen molar-refractivity contribution in [3.05, 3.63) is 96.8 Å². The second kappa shape index (κ2) is 10.0. The molecule has 0 heterocycles. The van der Waals surface area contributed by atoms with E-state index in [4.69, 9.17) is 4.74 Å². The van der Waals surface area contributed by atoms with Crippen molar-refractivity contribution >= 4 is 59.9 Å². The van der Waals surface area contributed by atoms with E-state index in [1.54, 1.807) is 30.5 Å². The average molecular weight is 567 g/mol. The summed E-state index contributed by atoms with van der Waals surface area (Å²) in [7, 11) is 0. The summed E-state index contributed by atoms with van der Waals surface area (Å²) in [6.45, 7) is 0.424. The molecule has 0 aromatic heterocycles. The van der Waals surface area contributed by atoms with Crippen LogP contribution in [0.1, 0.15) is 21.5 Å². The maximum Gasteiger partial charge on any atom is 0.271 e. The number of nitrogens with zero attached hydrogens (tertiary/aromatic N) is 1. The van der Waals surface area contributed by atoms with Gasteiger partial charge >= 0.3 is 0 Å². The number of hydrogen-bond donors (Lipinski definition) is 1. The summed E-state index contributed by atoms with van der Waals surface area (Å²) in [5.74, 6) is 0.360. The molecule has 3 aromatic carbocycles. The van der Waals surface area contributed by atoms with Crippen LogP contribution in [0.2, 0.25) is 0 Å². The van der Waals surface area contributed by atoms with Crippen LogP contribution in [-0.2, 0) is 6.61 Å². The van der Waals surface area contributed by atoms with Crippen molar-refractivity contribution < 1.29 is 9.53 Å². The van der Waals surface area contributed by atoms with Gasteiger partial charge in [0.05, 0.1) is 10.7 Å². The fraction of sp³-hybridized carbons (Fsp3) is 0.0476. The zero-order valence-electron chi connectivity index (χ0n) is 14.5. The molecule has 0 fully saturated rings. The first-order chi connectivity index (χ1) is 13.5. The lowest BCUT2D eigenvalue weighted by molar-refractivity contribution is 0.0955. The molecule has 0 unspecified atom stereocenters. The van der Waals surface area contributed by atoms with Gasteiger partial charge in [-0.15, -0.1) is 0 Å². The molecule has 0 spiro atoms. The van der Waals surface area contributed by atoms with Gasteiger partial charge in [-0.25, -0.2) is 5.43 Å². The number of amides is 1. The highest BCUT2D eigenvalue weighted by atomic mass is 79.9. The second-order valence-electron chi connectivity index (χ2n) is 5.79. The Balaban J connectivity index is 1.74. The van der Waals surface area contributed by atoms with Gasteiger partial charge in [0, 0.05) is 20.1 Å². The van der Waals surface area contributed by atoms with Gasteiger partial charge in [0.15, 0.2) is 0 Å². The zero-order chi connectivity index (χ0) is 19.9. The molecule has 0 saturated carbocycles. The number of ether oxygens (including phenoxy) is 1. The van der Waals surface area contributed by atoms with E-state index in [-0.39, 0.29) is 5.91 Å². The highest BCUT2D eigenvalue weighted by Crippen LogP contribution is 2.32.